The van der Waals surface area contributed by atoms with E-state index in [1.807, 2.05) is 54.8 Å². The van der Waals surface area contributed by atoms with E-state index in [2.05, 4.69) is 9.88 Å². The number of nitrogens with zero attached hydrogens (tertiary/aromatic N) is 3. The van der Waals surface area contributed by atoms with Crippen LogP contribution in [0.15, 0.2) is 65.2 Å². The summed E-state index contributed by atoms with van der Waals surface area (Å²) in [5.74, 6) is 0.768. The summed E-state index contributed by atoms with van der Waals surface area (Å²) in [4.78, 5) is 20.2. The van der Waals surface area contributed by atoms with Crippen molar-refractivity contribution < 1.29 is 4.79 Å². The highest BCUT2D eigenvalue weighted by molar-refractivity contribution is 7.98. The van der Waals surface area contributed by atoms with E-state index < -0.39 is 0 Å². The molecule has 3 rings (SSSR count). The van der Waals surface area contributed by atoms with Gasteiger partial charge in [-0.15, -0.1) is 11.8 Å². The molecular formula is C18H18ClN3OS. The predicted molar refractivity (Wildman–Crippen MR) is 101 cm³/mol. The van der Waals surface area contributed by atoms with E-state index in [0.29, 0.717) is 18.7 Å². The lowest BCUT2D eigenvalue weighted by molar-refractivity contribution is -0.114. The van der Waals surface area contributed by atoms with Gasteiger partial charge in [0, 0.05) is 41.5 Å². The number of benzene rings is 1. The Balaban J connectivity index is 1.68. The molecule has 1 aliphatic heterocycles. The van der Waals surface area contributed by atoms with Crippen LogP contribution in [-0.4, -0.2) is 30.2 Å². The fourth-order valence-corrected chi connectivity index (χ4v) is 3.20. The van der Waals surface area contributed by atoms with Gasteiger partial charge in [0.05, 0.1) is 5.69 Å². The van der Waals surface area contributed by atoms with Gasteiger partial charge in [0.25, 0.3) is 5.91 Å². The summed E-state index contributed by atoms with van der Waals surface area (Å²) in [5.41, 5.74) is 1.43. The van der Waals surface area contributed by atoms with E-state index in [1.54, 1.807) is 18.0 Å². The number of hydrogen-bond donors (Lipinski definition) is 0. The molecule has 0 radical (unpaired) electrons. The van der Waals surface area contributed by atoms with Crippen LogP contribution in [0, 0.1) is 0 Å². The van der Waals surface area contributed by atoms with Crippen molar-refractivity contribution in [1.82, 2.24) is 4.98 Å². The summed E-state index contributed by atoms with van der Waals surface area (Å²) in [6.07, 6.45) is 6.38. The molecule has 0 aliphatic carbocycles. The number of aromatic nitrogens is 1. The average Bonchev–Trinajstić information content (AvgIpc) is 2.68. The van der Waals surface area contributed by atoms with E-state index >= 15 is 0 Å². The molecule has 0 fully saturated rings. The van der Waals surface area contributed by atoms with Gasteiger partial charge in [0.15, 0.2) is 0 Å². The van der Waals surface area contributed by atoms with Gasteiger partial charge in [-0.05, 0) is 49.1 Å². The molecule has 0 saturated carbocycles. The average molecular weight is 360 g/mol. The van der Waals surface area contributed by atoms with Gasteiger partial charge in [0.2, 0.25) is 0 Å². The van der Waals surface area contributed by atoms with Crippen LogP contribution in [0.3, 0.4) is 0 Å². The molecule has 4 nitrogen and oxygen atoms in total. The van der Waals surface area contributed by atoms with Crippen LogP contribution in [0.25, 0.3) is 0 Å². The Hall–Kier alpha value is -1.98. The summed E-state index contributed by atoms with van der Waals surface area (Å²) in [5, 5.41) is 0. The topological polar surface area (TPSA) is 36.4 Å². The first-order valence-corrected chi connectivity index (χ1v) is 9.24. The van der Waals surface area contributed by atoms with Crippen LogP contribution < -0.4 is 9.32 Å². The Morgan fingerprint density at radius 1 is 1.25 bits per heavy atom. The minimum atomic E-state index is -0.158. The maximum absolute atomic E-state index is 12.6. The number of amides is 1. The Kier molecular flexibility index (Phi) is 5.43. The molecule has 1 aromatic carbocycles. The van der Waals surface area contributed by atoms with Crippen molar-refractivity contribution in [3.8, 4) is 0 Å². The molecule has 0 bridgehead atoms. The summed E-state index contributed by atoms with van der Waals surface area (Å²) in [6.45, 7) is 1.42. The first-order chi connectivity index (χ1) is 11.7. The third-order valence-corrected chi connectivity index (χ3v) is 5.03. The van der Waals surface area contributed by atoms with E-state index in [1.165, 1.54) is 4.42 Å². The highest BCUT2D eigenvalue weighted by Gasteiger charge is 2.22. The fourth-order valence-electron chi connectivity index (χ4n) is 2.57. The number of carbonyl (C=O) groups excluding carboxylic acids is 1. The standard InChI is InChI=1S/C18H18ClN3OS/c1-24-16-7-5-15(6-8-16)22(19)18(23)14-9-12-21(13-10-14)17-4-2-3-11-20-17/h2-9,11H,10,12-13H2,1H3. The minimum absolute atomic E-state index is 0.158. The largest absolute Gasteiger partial charge is 0.353 e. The fraction of sp³-hybridized carbons (Fsp3) is 0.222. The molecule has 6 heteroatoms. The smallest absolute Gasteiger partial charge is 0.268 e. The molecular weight excluding hydrogens is 342 g/mol. The summed E-state index contributed by atoms with van der Waals surface area (Å²) in [7, 11) is 0. The van der Waals surface area contributed by atoms with Crippen molar-refractivity contribution in [2.45, 2.75) is 11.3 Å². The Morgan fingerprint density at radius 2 is 2.04 bits per heavy atom. The second-order valence-electron chi connectivity index (χ2n) is 5.40. The van der Waals surface area contributed by atoms with Gasteiger partial charge in [-0.25, -0.2) is 9.40 Å². The number of rotatable bonds is 4. The van der Waals surface area contributed by atoms with Crippen LogP contribution in [-0.2, 0) is 4.79 Å². The number of thioether (sulfide) groups is 1. The van der Waals surface area contributed by atoms with Crippen LogP contribution in [0.4, 0.5) is 11.5 Å². The van der Waals surface area contributed by atoms with Gasteiger partial charge >= 0.3 is 0 Å². The molecule has 0 atom stereocenters. The number of halogens is 1. The molecule has 1 aromatic heterocycles. The van der Waals surface area contributed by atoms with Crippen molar-refractivity contribution >= 4 is 41.0 Å². The predicted octanol–water partition coefficient (Wildman–Crippen LogP) is 4.13. The quantitative estimate of drug-likeness (QED) is 0.607. The molecule has 0 saturated heterocycles. The Morgan fingerprint density at radius 3 is 2.62 bits per heavy atom. The van der Waals surface area contributed by atoms with Crippen LogP contribution in [0.2, 0.25) is 0 Å². The summed E-state index contributed by atoms with van der Waals surface area (Å²) >= 11 is 7.90. The zero-order valence-electron chi connectivity index (χ0n) is 13.4. The van der Waals surface area contributed by atoms with Gasteiger partial charge in [0.1, 0.15) is 5.82 Å². The molecule has 24 heavy (non-hydrogen) atoms. The first kappa shape index (κ1) is 16.9. The normalized spacial score (nSPS) is 14.2. The molecule has 0 unspecified atom stereocenters. The van der Waals surface area contributed by atoms with E-state index in [0.717, 1.165) is 22.8 Å². The molecule has 2 heterocycles. The van der Waals surface area contributed by atoms with Crippen molar-refractivity contribution in [3.05, 3.63) is 60.3 Å². The third kappa shape index (κ3) is 3.74. The maximum atomic E-state index is 12.6. The Labute approximate surface area is 151 Å². The maximum Gasteiger partial charge on any atom is 0.268 e. The van der Waals surface area contributed by atoms with E-state index in [4.69, 9.17) is 11.8 Å². The number of pyridine rings is 1. The third-order valence-electron chi connectivity index (χ3n) is 3.93. The highest BCUT2D eigenvalue weighted by Crippen LogP contribution is 2.25. The summed E-state index contributed by atoms with van der Waals surface area (Å²) < 4.78 is 1.20. The molecule has 2 aromatic rings. The van der Waals surface area contributed by atoms with Gasteiger partial charge in [-0.3, -0.25) is 4.79 Å². The van der Waals surface area contributed by atoms with Crippen LogP contribution >= 0.6 is 23.5 Å². The lowest BCUT2D eigenvalue weighted by Gasteiger charge is -2.27. The van der Waals surface area contributed by atoms with Crippen molar-refractivity contribution in [2.24, 2.45) is 0 Å². The van der Waals surface area contributed by atoms with Gasteiger partial charge in [-0.2, -0.15) is 0 Å². The monoisotopic (exact) mass is 359 g/mol. The van der Waals surface area contributed by atoms with Crippen LogP contribution in [0.1, 0.15) is 6.42 Å². The molecule has 0 spiro atoms. The Bertz CT molecular complexity index is 734. The van der Waals surface area contributed by atoms with E-state index in [9.17, 15) is 4.79 Å². The number of hydrogen-bond acceptors (Lipinski definition) is 4. The second kappa shape index (κ2) is 7.73. The molecule has 124 valence electrons. The van der Waals surface area contributed by atoms with Gasteiger partial charge in [-0.1, -0.05) is 12.1 Å². The summed E-state index contributed by atoms with van der Waals surface area (Å²) in [6, 6.07) is 13.5. The number of anilines is 2. The van der Waals surface area contributed by atoms with Crippen LogP contribution in [0.5, 0.6) is 0 Å². The lowest BCUT2D eigenvalue weighted by atomic mass is 10.1. The molecule has 1 aliphatic rings. The number of carbonyl (C=O) groups is 1. The van der Waals surface area contributed by atoms with Crippen molar-refractivity contribution in [2.75, 3.05) is 28.7 Å². The van der Waals surface area contributed by atoms with E-state index in [-0.39, 0.29) is 5.91 Å². The molecule has 0 N–H and O–H groups in total. The highest BCUT2D eigenvalue weighted by atomic mass is 35.5. The van der Waals surface area contributed by atoms with Crippen molar-refractivity contribution in [1.29, 1.82) is 0 Å². The second-order valence-corrected chi connectivity index (χ2v) is 6.62. The van der Waals surface area contributed by atoms with Gasteiger partial charge < -0.3 is 4.90 Å². The van der Waals surface area contributed by atoms with Crippen molar-refractivity contribution in [3.63, 3.8) is 0 Å². The minimum Gasteiger partial charge on any atom is -0.353 e. The molecule has 1 amide bonds. The zero-order valence-corrected chi connectivity index (χ0v) is 14.9. The first-order valence-electron chi connectivity index (χ1n) is 7.68. The SMILES string of the molecule is CSc1ccc(N(Cl)C(=O)C2=CCN(c3ccccn3)CC2)cc1. The lowest BCUT2D eigenvalue weighted by Crippen LogP contribution is -2.33. The zero-order chi connectivity index (χ0) is 16.9.